The first-order chi connectivity index (χ1) is 9.99. The number of likely N-dealkylation sites (tertiary alicyclic amines) is 1. The molecule has 1 heterocycles. The van der Waals surface area contributed by atoms with Crippen molar-refractivity contribution in [3.05, 3.63) is 28.2 Å². The van der Waals surface area contributed by atoms with Gasteiger partial charge in [-0.05, 0) is 38.4 Å². The third-order valence-electron chi connectivity index (χ3n) is 3.79. The Hall–Kier alpha value is -0.810. The molecule has 1 aromatic carbocycles. The Morgan fingerprint density at radius 3 is 2.95 bits per heavy atom. The molecule has 1 aliphatic rings. The van der Waals surface area contributed by atoms with Crippen molar-refractivity contribution in [2.45, 2.75) is 38.3 Å². The summed E-state index contributed by atoms with van der Waals surface area (Å²) in [6, 6.07) is 5.17. The molecule has 2 atom stereocenters. The molecule has 0 spiro atoms. The van der Waals surface area contributed by atoms with E-state index in [2.05, 4.69) is 5.32 Å². The molecule has 1 aromatic rings. The first kappa shape index (κ1) is 16.6. The molecule has 0 radical (unpaired) electrons. The number of halogens is 2. The number of carbonyl (C=O) groups excluding carboxylic acids is 1. The third-order valence-corrected chi connectivity index (χ3v) is 4.61. The maximum absolute atomic E-state index is 12.2. The topological polar surface area (TPSA) is 52.6 Å². The number of hydrogen-bond acceptors (Lipinski definition) is 3. The summed E-state index contributed by atoms with van der Waals surface area (Å²) in [7, 11) is 0. The highest BCUT2D eigenvalue weighted by Crippen LogP contribution is 2.29. The highest BCUT2D eigenvalue weighted by Gasteiger charge is 2.27. The molecule has 0 saturated carbocycles. The van der Waals surface area contributed by atoms with Gasteiger partial charge in [-0.2, -0.15) is 0 Å². The summed E-state index contributed by atoms with van der Waals surface area (Å²) >= 11 is 12.0. The van der Waals surface area contributed by atoms with Crippen LogP contribution in [0, 0.1) is 0 Å². The molecule has 21 heavy (non-hydrogen) atoms. The summed E-state index contributed by atoms with van der Waals surface area (Å²) in [4.78, 5) is 14.2. The molecule has 1 saturated heterocycles. The van der Waals surface area contributed by atoms with Crippen LogP contribution in [0.3, 0.4) is 0 Å². The van der Waals surface area contributed by atoms with E-state index in [9.17, 15) is 9.90 Å². The average Bonchev–Trinajstić information content (AvgIpc) is 2.44. The van der Waals surface area contributed by atoms with E-state index in [1.54, 1.807) is 25.1 Å². The van der Waals surface area contributed by atoms with E-state index < -0.39 is 6.10 Å². The average molecular weight is 331 g/mol. The lowest BCUT2D eigenvalue weighted by Crippen LogP contribution is -2.48. The number of carbonyl (C=O) groups is 1. The number of amides is 1. The Balaban J connectivity index is 1.99. The van der Waals surface area contributed by atoms with E-state index in [1.807, 2.05) is 4.90 Å². The van der Waals surface area contributed by atoms with Crippen LogP contribution < -0.4 is 5.32 Å². The van der Waals surface area contributed by atoms with Gasteiger partial charge in [0.2, 0.25) is 5.91 Å². The van der Waals surface area contributed by atoms with E-state index in [0.717, 1.165) is 25.8 Å². The SMILES string of the molecule is CC(O)C1CCCCN1CC(=O)Nc1cccc(Cl)c1Cl. The summed E-state index contributed by atoms with van der Waals surface area (Å²) in [6.45, 7) is 2.85. The Morgan fingerprint density at radius 2 is 2.24 bits per heavy atom. The van der Waals surface area contributed by atoms with Crippen LogP contribution >= 0.6 is 23.2 Å². The fourth-order valence-corrected chi connectivity index (χ4v) is 3.08. The van der Waals surface area contributed by atoms with E-state index in [-0.39, 0.29) is 18.5 Å². The molecule has 0 bridgehead atoms. The van der Waals surface area contributed by atoms with E-state index in [4.69, 9.17) is 23.2 Å². The molecule has 1 fully saturated rings. The van der Waals surface area contributed by atoms with Crippen LogP contribution in [0.5, 0.6) is 0 Å². The van der Waals surface area contributed by atoms with Crippen molar-refractivity contribution in [2.75, 3.05) is 18.4 Å². The van der Waals surface area contributed by atoms with Gasteiger partial charge in [0.15, 0.2) is 0 Å². The molecule has 0 aromatic heterocycles. The zero-order chi connectivity index (χ0) is 15.4. The molecule has 116 valence electrons. The molecular weight excluding hydrogens is 311 g/mol. The number of benzene rings is 1. The number of rotatable bonds is 4. The van der Waals surface area contributed by atoms with E-state index >= 15 is 0 Å². The van der Waals surface area contributed by atoms with Gasteiger partial charge in [-0.1, -0.05) is 35.7 Å². The van der Waals surface area contributed by atoms with Gasteiger partial charge in [-0.25, -0.2) is 0 Å². The second-order valence-corrected chi connectivity index (χ2v) is 6.21. The summed E-state index contributed by atoms with van der Waals surface area (Å²) in [5, 5.41) is 13.4. The van der Waals surface area contributed by atoms with Crippen LogP contribution in [0.4, 0.5) is 5.69 Å². The third kappa shape index (κ3) is 4.33. The number of nitrogens with zero attached hydrogens (tertiary/aromatic N) is 1. The van der Waals surface area contributed by atoms with Crippen molar-refractivity contribution < 1.29 is 9.90 Å². The largest absolute Gasteiger partial charge is 0.392 e. The second-order valence-electron chi connectivity index (χ2n) is 5.42. The lowest BCUT2D eigenvalue weighted by Gasteiger charge is -2.36. The smallest absolute Gasteiger partial charge is 0.238 e. The Bertz CT molecular complexity index is 508. The number of nitrogens with one attached hydrogen (secondary N) is 1. The van der Waals surface area contributed by atoms with Crippen molar-refractivity contribution in [1.82, 2.24) is 4.90 Å². The fraction of sp³-hybridized carbons (Fsp3) is 0.533. The van der Waals surface area contributed by atoms with Crippen molar-refractivity contribution in [2.24, 2.45) is 0 Å². The first-order valence-corrected chi connectivity index (χ1v) is 7.90. The molecule has 6 heteroatoms. The first-order valence-electron chi connectivity index (χ1n) is 7.15. The zero-order valence-corrected chi connectivity index (χ0v) is 13.5. The minimum Gasteiger partial charge on any atom is -0.392 e. The van der Waals surface area contributed by atoms with Crippen LogP contribution in [0.25, 0.3) is 0 Å². The molecule has 2 unspecified atom stereocenters. The lowest BCUT2D eigenvalue weighted by atomic mass is 9.98. The maximum atomic E-state index is 12.2. The molecule has 4 nitrogen and oxygen atoms in total. The number of aliphatic hydroxyl groups is 1. The molecule has 1 aliphatic heterocycles. The van der Waals surface area contributed by atoms with Gasteiger partial charge in [0.05, 0.1) is 28.4 Å². The molecule has 2 rings (SSSR count). The Morgan fingerprint density at radius 1 is 1.48 bits per heavy atom. The van der Waals surface area contributed by atoms with Crippen LogP contribution in [-0.2, 0) is 4.79 Å². The van der Waals surface area contributed by atoms with Gasteiger partial charge < -0.3 is 10.4 Å². The maximum Gasteiger partial charge on any atom is 0.238 e. The van der Waals surface area contributed by atoms with Gasteiger partial charge in [0, 0.05) is 6.04 Å². The summed E-state index contributed by atoms with van der Waals surface area (Å²) in [5.74, 6) is -0.147. The van der Waals surface area contributed by atoms with E-state index in [1.165, 1.54) is 0 Å². The molecule has 1 amide bonds. The number of hydrogen-bond donors (Lipinski definition) is 2. The van der Waals surface area contributed by atoms with Crippen molar-refractivity contribution in [3.63, 3.8) is 0 Å². The number of anilines is 1. The highest BCUT2D eigenvalue weighted by molar-refractivity contribution is 6.43. The molecule has 0 aliphatic carbocycles. The number of piperidine rings is 1. The minimum absolute atomic E-state index is 0.0410. The monoisotopic (exact) mass is 330 g/mol. The predicted octanol–water partition coefficient (Wildman–Crippen LogP) is 3.17. The van der Waals surface area contributed by atoms with Crippen LogP contribution in [0.15, 0.2) is 18.2 Å². The Labute approximate surface area is 135 Å². The van der Waals surface area contributed by atoms with Gasteiger partial charge in [0.1, 0.15) is 0 Å². The standard InChI is InChI=1S/C15H20Cl2N2O2/c1-10(20)13-7-2-3-8-19(13)9-14(21)18-12-6-4-5-11(16)15(12)17/h4-6,10,13,20H,2-3,7-9H2,1H3,(H,18,21). The summed E-state index contributed by atoms with van der Waals surface area (Å²) in [5.41, 5.74) is 0.514. The summed E-state index contributed by atoms with van der Waals surface area (Å²) in [6.07, 6.45) is 2.62. The van der Waals surface area contributed by atoms with E-state index in [0.29, 0.717) is 15.7 Å². The number of aliphatic hydroxyl groups excluding tert-OH is 1. The normalized spacial score (nSPS) is 21.0. The van der Waals surface area contributed by atoms with Crippen molar-refractivity contribution in [3.8, 4) is 0 Å². The molecule has 2 N–H and O–H groups in total. The highest BCUT2D eigenvalue weighted by atomic mass is 35.5. The van der Waals surface area contributed by atoms with Crippen molar-refractivity contribution >= 4 is 34.8 Å². The predicted molar refractivity (Wildman–Crippen MR) is 86.0 cm³/mol. The van der Waals surface area contributed by atoms with Crippen LogP contribution in [0.1, 0.15) is 26.2 Å². The quantitative estimate of drug-likeness (QED) is 0.891. The fourth-order valence-electron chi connectivity index (χ4n) is 2.73. The van der Waals surface area contributed by atoms with Gasteiger partial charge in [0.25, 0.3) is 0 Å². The van der Waals surface area contributed by atoms with Gasteiger partial charge in [-0.15, -0.1) is 0 Å². The van der Waals surface area contributed by atoms with Crippen LogP contribution in [0.2, 0.25) is 10.0 Å². The summed E-state index contributed by atoms with van der Waals surface area (Å²) < 4.78 is 0. The van der Waals surface area contributed by atoms with Crippen molar-refractivity contribution in [1.29, 1.82) is 0 Å². The zero-order valence-electron chi connectivity index (χ0n) is 12.0. The van der Waals surface area contributed by atoms with Gasteiger partial charge >= 0.3 is 0 Å². The second kappa shape index (κ2) is 7.45. The molecular formula is C15H20Cl2N2O2. The van der Waals surface area contributed by atoms with Crippen LogP contribution in [-0.4, -0.2) is 41.1 Å². The van der Waals surface area contributed by atoms with Gasteiger partial charge in [-0.3, -0.25) is 9.69 Å². The Kier molecular flexibility index (Phi) is 5.88. The lowest BCUT2D eigenvalue weighted by molar-refractivity contribution is -0.118. The minimum atomic E-state index is -0.437.